The van der Waals surface area contributed by atoms with E-state index < -0.39 is 0 Å². The Bertz CT molecular complexity index is 338. The molecule has 0 aliphatic carbocycles. The van der Waals surface area contributed by atoms with Crippen molar-refractivity contribution in [2.75, 3.05) is 6.54 Å². The Morgan fingerprint density at radius 2 is 2.21 bits per heavy atom. The third kappa shape index (κ3) is 1.64. The molecule has 0 bridgehead atoms. The molecule has 76 valence electrons. The standard InChI is InChI=1S/C10H16N4/c1-6-3-4-12-9-8(6)5-7(2)13-10(11)14-9/h6,12H,3-5H2,1-2H3,(H2,11,14). The van der Waals surface area contributed by atoms with E-state index in [4.69, 9.17) is 5.73 Å². The van der Waals surface area contributed by atoms with E-state index in [1.807, 2.05) is 6.92 Å². The van der Waals surface area contributed by atoms with Gasteiger partial charge >= 0.3 is 0 Å². The van der Waals surface area contributed by atoms with Gasteiger partial charge in [0.05, 0.1) is 0 Å². The van der Waals surface area contributed by atoms with Gasteiger partial charge in [0.2, 0.25) is 5.96 Å². The number of nitrogens with two attached hydrogens (primary N) is 1. The average Bonchev–Trinajstić information content (AvgIpc) is 2.23. The van der Waals surface area contributed by atoms with E-state index in [-0.39, 0.29) is 0 Å². The highest BCUT2D eigenvalue weighted by Crippen LogP contribution is 2.26. The molecular formula is C10H16N4. The average molecular weight is 192 g/mol. The van der Waals surface area contributed by atoms with Gasteiger partial charge in [-0.15, -0.1) is 0 Å². The van der Waals surface area contributed by atoms with Crippen molar-refractivity contribution in [2.24, 2.45) is 21.6 Å². The third-order valence-electron chi connectivity index (χ3n) is 2.75. The number of hydrogen-bond acceptors (Lipinski definition) is 4. The lowest BCUT2D eigenvalue weighted by molar-refractivity contribution is 0.526. The van der Waals surface area contributed by atoms with E-state index in [9.17, 15) is 0 Å². The number of hydrogen-bond donors (Lipinski definition) is 2. The molecule has 3 N–H and O–H groups in total. The smallest absolute Gasteiger partial charge is 0.221 e. The van der Waals surface area contributed by atoms with Crippen LogP contribution in [0.1, 0.15) is 26.7 Å². The summed E-state index contributed by atoms with van der Waals surface area (Å²) < 4.78 is 0. The minimum atomic E-state index is 0.370. The van der Waals surface area contributed by atoms with Crippen molar-refractivity contribution < 1.29 is 0 Å². The minimum absolute atomic E-state index is 0.370. The van der Waals surface area contributed by atoms with Crippen LogP contribution in [0.4, 0.5) is 0 Å². The fourth-order valence-electron chi connectivity index (χ4n) is 1.95. The van der Waals surface area contributed by atoms with E-state index >= 15 is 0 Å². The van der Waals surface area contributed by atoms with Gasteiger partial charge in [-0.3, -0.25) is 0 Å². The summed E-state index contributed by atoms with van der Waals surface area (Å²) >= 11 is 0. The molecule has 0 fully saturated rings. The van der Waals surface area contributed by atoms with Crippen LogP contribution >= 0.6 is 0 Å². The summed E-state index contributed by atoms with van der Waals surface area (Å²) in [5, 5.41) is 3.28. The Hall–Kier alpha value is -1.32. The molecule has 2 heterocycles. The van der Waals surface area contributed by atoms with Crippen LogP contribution in [0.5, 0.6) is 0 Å². The molecule has 0 saturated carbocycles. The van der Waals surface area contributed by atoms with E-state index in [0.29, 0.717) is 11.9 Å². The molecule has 4 nitrogen and oxygen atoms in total. The van der Waals surface area contributed by atoms with Crippen molar-refractivity contribution in [3.8, 4) is 0 Å². The molecule has 0 spiro atoms. The van der Waals surface area contributed by atoms with Gasteiger partial charge in [0.15, 0.2) is 0 Å². The quantitative estimate of drug-likeness (QED) is 0.601. The first-order valence-corrected chi connectivity index (χ1v) is 5.02. The van der Waals surface area contributed by atoms with Gasteiger partial charge in [-0.2, -0.15) is 4.99 Å². The van der Waals surface area contributed by atoms with Crippen LogP contribution in [-0.4, -0.2) is 18.2 Å². The number of aliphatic imine (C=N–C) groups is 2. The fraction of sp³-hybridized carbons (Fsp3) is 0.600. The van der Waals surface area contributed by atoms with Crippen LogP contribution < -0.4 is 11.1 Å². The van der Waals surface area contributed by atoms with Crippen LogP contribution in [0.25, 0.3) is 0 Å². The molecule has 4 heteroatoms. The van der Waals surface area contributed by atoms with Crippen LogP contribution in [0.15, 0.2) is 21.4 Å². The number of guanidine groups is 1. The minimum Gasteiger partial charge on any atom is -0.370 e. The van der Waals surface area contributed by atoms with Crippen LogP contribution in [0, 0.1) is 5.92 Å². The van der Waals surface area contributed by atoms with E-state index in [1.165, 1.54) is 12.0 Å². The second-order valence-electron chi connectivity index (χ2n) is 3.98. The zero-order valence-corrected chi connectivity index (χ0v) is 8.67. The SMILES string of the molecule is CC1=NC(N)=NC2=C(C1)C(C)CCN2. The lowest BCUT2D eigenvalue weighted by Crippen LogP contribution is -2.26. The Morgan fingerprint density at radius 1 is 1.43 bits per heavy atom. The fourth-order valence-corrected chi connectivity index (χ4v) is 1.95. The van der Waals surface area contributed by atoms with Gasteiger partial charge < -0.3 is 11.1 Å². The number of nitrogens with one attached hydrogen (secondary N) is 1. The van der Waals surface area contributed by atoms with Crippen molar-refractivity contribution in [2.45, 2.75) is 26.7 Å². The first-order chi connectivity index (χ1) is 6.66. The Morgan fingerprint density at radius 3 is 3.00 bits per heavy atom. The van der Waals surface area contributed by atoms with Crippen molar-refractivity contribution in [3.63, 3.8) is 0 Å². The third-order valence-corrected chi connectivity index (χ3v) is 2.75. The summed E-state index contributed by atoms with van der Waals surface area (Å²) in [6, 6.07) is 0. The predicted octanol–water partition coefficient (Wildman–Crippen LogP) is 1.01. The highest BCUT2D eigenvalue weighted by Gasteiger charge is 2.21. The summed E-state index contributed by atoms with van der Waals surface area (Å²) in [4.78, 5) is 8.47. The van der Waals surface area contributed by atoms with E-state index in [0.717, 1.165) is 24.5 Å². The van der Waals surface area contributed by atoms with Gasteiger partial charge in [0, 0.05) is 18.7 Å². The van der Waals surface area contributed by atoms with Crippen LogP contribution in [-0.2, 0) is 0 Å². The second kappa shape index (κ2) is 3.44. The highest BCUT2D eigenvalue weighted by molar-refractivity contribution is 5.97. The van der Waals surface area contributed by atoms with Gasteiger partial charge in [-0.1, -0.05) is 6.92 Å². The molecule has 0 aromatic rings. The molecule has 2 aliphatic rings. The highest BCUT2D eigenvalue weighted by atomic mass is 15.1. The van der Waals surface area contributed by atoms with Crippen LogP contribution in [0.3, 0.4) is 0 Å². The normalized spacial score (nSPS) is 27.1. The molecule has 0 aromatic heterocycles. The molecule has 0 saturated heterocycles. The molecule has 2 rings (SSSR count). The van der Waals surface area contributed by atoms with E-state index in [1.54, 1.807) is 0 Å². The molecule has 14 heavy (non-hydrogen) atoms. The number of nitrogens with zero attached hydrogens (tertiary/aromatic N) is 2. The summed E-state index contributed by atoms with van der Waals surface area (Å²) in [5.74, 6) is 1.90. The zero-order chi connectivity index (χ0) is 10.1. The number of allylic oxidation sites excluding steroid dienone is 1. The van der Waals surface area contributed by atoms with Crippen molar-refractivity contribution in [3.05, 3.63) is 11.4 Å². The first-order valence-electron chi connectivity index (χ1n) is 5.02. The van der Waals surface area contributed by atoms with Gasteiger partial charge in [0.25, 0.3) is 0 Å². The van der Waals surface area contributed by atoms with Gasteiger partial charge in [-0.25, -0.2) is 4.99 Å². The van der Waals surface area contributed by atoms with Crippen molar-refractivity contribution >= 4 is 11.7 Å². The molecule has 1 atom stereocenters. The molecule has 2 aliphatic heterocycles. The van der Waals surface area contributed by atoms with Crippen LogP contribution in [0.2, 0.25) is 0 Å². The molecule has 0 amide bonds. The van der Waals surface area contributed by atoms with E-state index in [2.05, 4.69) is 22.2 Å². The predicted molar refractivity (Wildman–Crippen MR) is 58.2 cm³/mol. The summed E-state index contributed by atoms with van der Waals surface area (Å²) in [7, 11) is 0. The molecular weight excluding hydrogens is 176 g/mol. The van der Waals surface area contributed by atoms with Gasteiger partial charge in [0.1, 0.15) is 5.82 Å². The molecule has 1 unspecified atom stereocenters. The largest absolute Gasteiger partial charge is 0.370 e. The van der Waals surface area contributed by atoms with Crippen molar-refractivity contribution in [1.82, 2.24) is 5.32 Å². The molecule has 0 radical (unpaired) electrons. The summed E-state index contributed by atoms with van der Waals surface area (Å²) in [6.07, 6.45) is 2.06. The lowest BCUT2D eigenvalue weighted by Gasteiger charge is -2.24. The monoisotopic (exact) mass is 192 g/mol. The maximum absolute atomic E-state index is 5.67. The number of rotatable bonds is 0. The maximum atomic E-state index is 5.67. The summed E-state index contributed by atoms with van der Waals surface area (Å²) in [5.41, 5.74) is 8.06. The lowest BCUT2D eigenvalue weighted by atomic mass is 9.91. The zero-order valence-electron chi connectivity index (χ0n) is 8.67. The van der Waals surface area contributed by atoms with Gasteiger partial charge in [-0.05, 0) is 24.8 Å². The second-order valence-corrected chi connectivity index (χ2v) is 3.98. The topological polar surface area (TPSA) is 62.8 Å². The Kier molecular flexibility index (Phi) is 2.27. The maximum Gasteiger partial charge on any atom is 0.221 e. The molecule has 0 aromatic carbocycles. The Labute approximate surface area is 84.0 Å². The van der Waals surface area contributed by atoms with Crippen molar-refractivity contribution in [1.29, 1.82) is 0 Å². The summed E-state index contributed by atoms with van der Waals surface area (Å²) in [6.45, 7) is 5.22. The first kappa shape index (κ1) is 9.24. The Balaban J connectivity index is 2.40.